The molecule has 4 heteroatoms. The summed E-state index contributed by atoms with van der Waals surface area (Å²) in [6.07, 6.45) is 3.77. The van der Waals surface area contributed by atoms with Crippen LogP contribution in [0.5, 0.6) is 11.5 Å². The average Bonchev–Trinajstić information content (AvgIpc) is 2.54. The molecule has 0 aliphatic carbocycles. The summed E-state index contributed by atoms with van der Waals surface area (Å²) in [5.74, 6) is 2.23. The van der Waals surface area contributed by atoms with Gasteiger partial charge in [-0.2, -0.15) is 0 Å². The number of hydrogen-bond donors (Lipinski definition) is 2. The Kier molecular flexibility index (Phi) is 5.88. The van der Waals surface area contributed by atoms with Gasteiger partial charge in [0, 0.05) is 11.6 Å². The quantitative estimate of drug-likeness (QED) is 0.847. The molecule has 1 fully saturated rings. The van der Waals surface area contributed by atoms with Crippen molar-refractivity contribution in [3.63, 3.8) is 0 Å². The van der Waals surface area contributed by atoms with Crippen LogP contribution in [0.4, 0.5) is 0 Å². The zero-order valence-electron chi connectivity index (χ0n) is 13.3. The Morgan fingerprint density at radius 1 is 1.33 bits per heavy atom. The van der Waals surface area contributed by atoms with Crippen LogP contribution in [0.3, 0.4) is 0 Å². The highest BCUT2D eigenvalue weighted by Crippen LogP contribution is 2.33. The third-order valence-corrected chi connectivity index (χ3v) is 4.48. The summed E-state index contributed by atoms with van der Waals surface area (Å²) in [6.45, 7) is 3.29. The highest BCUT2D eigenvalue weighted by Gasteiger charge is 2.24. The maximum Gasteiger partial charge on any atom is 0.124 e. The molecule has 1 aliphatic rings. The average molecular weight is 293 g/mol. The standard InChI is InChI=1S/C17H27NO3/c1-4-12-7-8-18-13(9-12)10-16(19)15-11-14(20-2)5-6-17(15)21-3/h5-6,11-13,16,18-19H,4,7-10H2,1-3H3. The van der Waals surface area contributed by atoms with Crippen molar-refractivity contribution in [3.8, 4) is 11.5 Å². The van der Waals surface area contributed by atoms with Crippen molar-refractivity contribution in [1.82, 2.24) is 5.32 Å². The third-order valence-electron chi connectivity index (χ3n) is 4.48. The lowest BCUT2D eigenvalue weighted by Gasteiger charge is -2.31. The molecular weight excluding hydrogens is 266 g/mol. The number of aliphatic hydroxyl groups excluding tert-OH is 1. The number of piperidine rings is 1. The van der Waals surface area contributed by atoms with E-state index in [-0.39, 0.29) is 0 Å². The van der Waals surface area contributed by atoms with E-state index in [1.165, 1.54) is 12.8 Å². The van der Waals surface area contributed by atoms with Gasteiger partial charge in [-0.25, -0.2) is 0 Å². The Hall–Kier alpha value is -1.26. The van der Waals surface area contributed by atoms with Crippen molar-refractivity contribution in [2.24, 2.45) is 5.92 Å². The van der Waals surface area contributed by atoms with E-state index >= 15 is 0 Å². The van der Waals surface area contributed by atoms with E-state index in [0.29, 0.717) is 18.2 Å². The van der Waals surface area contributed by atoms with Crippen LogP contribution in [-0.2, 0) is 0 Å². The first-order valence-corrected chi connectivity index (χ1v) is 7.81. The van der Waals surface area contributed by atoms with Crippen molar-refractivity contribution in [1.29, 1.82) is 0 Å². The second-order valence-electron chi connectivity index (χ2n) is 5.81. The molecule has 118 valence electrons. The van der Waals surface area contributed by atoms with Crippen LogP contribution in [0.1, 0.15) is 44.3 Å². The summed E-state index contributed by atoms with van der Waals surface area (Å²) in [4.78, 5) is 0. The smallest absolute Gasteiger partial charge is 0.124 e. The lowest BCUT2D eigenvalue weighted by Crippen LogP contribution is -2.38. The second-order valence-corrected chi connectivity index (χ2v) is 5.81. The first kappa shape index (κ1) is 16.1. The Balaban J connectivity index is 2.06. The number of benzene rings is 1. The molecule has 2 N–H and O–H groups in total. The van der Waals surface area contributed by atoms with Crippen LogP contribution in [0.15, 0.2) is 18.2 Å². The fraction of sp³-hybridized carbons (Fsp3) is 0.647. The Morgan fingerprint density at radius 3 is 2.81 bits per heavy atom. The predicted molar refractivity (Wildman–Crippen MR) is 83.9 cm³/mol. The van der Waals surface area contributed by atoms with Gasteiger partial charge in [0.1, 0.15) is 11.5 Å². The summed E-state index contributed by atoms with van der Waals surface area (Å²) >= 11 is 0. The summed E-state index contributed by atoms with van der Waals surface area (Å²) in [5, 5.41) is 14.1. The normalized spacial score (nSPS) is 23.6. The lowest BCUT2D eigenvalue weighted by molar-refractivity contribution is 0.132. The summed E-state index contributed by atoms with van der Waals surface area (Å²) in [7, 11) is 3.26. The van der Waals surface area contributed by atoms with Gasteiger partial charge >= 0.3 is 0 Å². The van der Waals surface area contributed by atoms with Crippen molar-refractivity contribution in [2.45, 2.75) is 44.8 Å². The van der Waals surface area contributed by atoms with Crippen LogP contribution in [0.25, 0.3) is 0 Å². The zero-order chi connectivity index (χ0) is 15.2. The highest BCUT2D eigenvalue weighted by molar-refractivity contribution is 5.41. The van der Waals surface area contributed by atoms with Crippen LogP contribution < -0.4 is 14.8 Å². The highest BCUT2D eigenvalue weighted by atomic mass is 16.5. The van der Waals surface area contributed by atoms with E-state index in [1.807, 2.05) is 18.2 Å². The number of ether oxygens (including phenoxy) is 2. The van der Waals surface area contributed by atoms with Crippen LogP contribution in [0, 0.1) is 5.92 Å². The molecule has 4 nitrogen and oxygen atoms in total. The first-order chi connectivity index (χ1) is 10.2. The number of hydrogen-bond acceptors (Lipinski definition) is 4. The van der Waals surface area contributed by atoms with Crippen molar-refractivity contribution >= 4 is 0 Å². The monoisotopic (exact) mass is 293 g/mol. The van der Waals surface area contributed by atoms with Gasteiger partial charge in [-0.3, -0.25) is 0 Å². The van der Waals surface area contributed by atoms with Gasteiger partial charge in [-0.15, -0.1) is 0 Å². The van der Waals surface area contributed by atoms with Gasteiger partial charge in [0.25, 0.3) is 0 Å². The molecule has 1 aromatic carbocycles. The van der Waals surface area contributed by atoms with E-state index in [4.69, 9.17) is 9.47 Å². The van der Waals surface area contributed by atoms with Gasteiger partial charge in [0.05, 0.1) is 20.3 Å². The topological polar surface area (TPSA) is 50.7 Å². The molecule has 0 saturated carbocycles. The Labute approximate surface area is 127 Å². The van der Waals surface area contributed by atoms with Crippen LogP contribution in [-0.4, -0.2) is 31.9 Å². The maximum absolute atomic E-state index is 10.6. The minimum Gasteiger partial charge on any atom is -0.497 e. The molecular formula is C17H27NO3. The molecule has 0 spiro atoms. The predicted octanol–water partition coefficient (Wildman–Crippen LogP) is 2.91. The lowest BCUT2D eigenvalue weighted by atomic mass is 9.87. The van der Waals surface area contributed by atoms with Crippen molar-refractivity contribution < 1.29 is 14.6 Å². The summed E-state index contributed by atoms with van der Waals surface area (Å²) < 4.78 is 10.6. The van der Waals surface area contributed by atoms with E-state index in [9.17, 15) is 5.11 Å². The number of rotatable bonds is 6. The van der Waals surface area contributed by atoms with Crippen LogP contribution >= 0.6 is 0 Å². The maximum atomic E-state index is 10.6. The first-order valence-electron chi connectivity index (χ1n) is 7.81. The Bertz CT molecular complexity index is 450. The molecule has 1 aliphatic heterocycles. The van der Waals surface area contributed by atoms with E-state index < -0.39 is 6.10 Å². The minimum atomic E-state index is -0.539. The number of nitrogens with one attached hydrogen (secondary N) is 1. The van der Waals surface area contributed by atoms with Gasteiger partial charge in [0.15, 0.2) is 0 Å². The zero-order valence-corrected chi connectivity index (χ0v) is 13.3. The molecule has 21 heavy (non-hydrogen) atoms. The molecule has 0 radical (unpaired) electrons. The Morgan fingerprint density at radius 2 is 2.14 bits per heavy atom. The minimum absolute atomic E-state index is 0.370. The molecule has 1 aromatic rings. The van der Waals surface area contributed by atoms with E-state index in [2.05, 4.69) is 12.2 Å². The summed E-state index contributed by atoms with van der Waals surface area (Å²) in [6, 6.07) is 5.93. The van der Waals surface area contributed by atoms with E-state index in [0.717, 1.165) is 30.2 Å². The molecule has 1 heterocycles. The molecule has 3 unspecified atom stereocenters. The molecule has 3 atom stereocenters. The molecule has 0 amide bonds. The van der Waals surface area contributed by atoms with Gasteiger partial charge in [0.2, 0.25) is 0 Å². The molecule has 2 rings (SSSR count). The fourth-order valence-corrected chi connectivity index (χ4v) is 3.14. The number of methoxy groups -OCH3 is 2. The van der Waals surface area contributed by atoms with Crippen molar-refractivity contribution in [2.75, 3.05) is 20.8 Å². The van der Waals surface area contributed by atoms with Gasteiger partial charge < -0.3 is 19.9 Å². The third kappa shape index (κ3) is 4.11. The second kappa shape index (κ2) is 7.66. The summed E-state index contributed by atoms with van der Waals surface area (Å²) in [5.41, 5.74) is 0.803. The van der Waals surface area contributed by atoms with Gasteiger partial charge in [-0.1, -0.05) is 13.3 Å². The SMILES string of the molecule is CCC1CCNC(CC(O)c2cc(OC)ccc2OC)C1. The molecule has 1 saturated heterocycles. The fourth-order valence-electron chi connectivity index (χ4n) is 3.14. The van der Waals surface area contributed by atoms with Gasteiger partial charge in [-0.05, 0) is 49.9 Å². The molecule has 0 aromatic heterocycles. The van der Waals surface area contributed by atoms with E-state index in [1.54, 1.807) is 14.2 Å². The van der Waals surface area contributed by atoms with Crippen LogP contribution in [0.2, 0.25) is 0 Å². The van der Waals surface area contributed by atoms with Crippen molar-refractivity contribution in [3.05, 3.63) is 23.8 Å². The molecule has 0 bridgehead atoms. The largest absolute Gasteiger partial charge is 0.497 e. The number of aliphatic hydroxyl groups is 1.